The third-order valence-corrected chi connectivity index (χ3v) is 3.25. The number of pyridine rings is 1. The zero-order chi connectivity index (χ0) is 13.4. The van der Waals surface area contributed by atoms with Crippen LogP contribution in [0, 0.1) is 11.3 Å². The second-order valence-corrected chi connectivity index (χ2v) is 4.53. The molecule has 18 heavy (non-hydrogen) atoms. The van der Waals surface area contributed by atoms with Crippen molar-refractivity contribution in [3.05, 3.63) is 29.6 Å². The van der Waals surface area contributed by atoms with Crippen LogP contribution in [0.2, 0.25) is 0 Å². The van der Waals surface area contributed by atoms with Crippen molar-refractivity contribution in [2.75, 3.05) is 12.4 Å². The Labute approximate surface area is 110 Å². The molecule has 96 valence electrons. The van der Waals surface area contributed by atoms with E-state index in [9.17, 15) is 4.79 Å². The maximum absolute atomic E-state index is 11.3. The Morgan fingerprint density at radius 3 is 3.17 bits per heavy atom. The number of thioether (sulfide) groups is 1. The van der Waals surface area contributed by atoms with Crippen LogP contribution in [-0.2, 0) is 15.3 Å². The highest BCUT2D eigenvalue weighted by Crippen LogP contribution is 2.15. The van der Waals surface area contributed by atoms with Gasteiger partial charge in [-0.25, -0.2) is 4.98 Å². The molecule has 1 rings (SSSR count). The first-order valence-electron chi connectivity index (χ1n) is 5.53. The maximum atomic E-state index is 11.3. The fourth-order valence-electron chi connectivity index (χ4n) is 1.27. The summed E-state index contributed by atoms with van der Waals surface area (Å²) >= 11 is 1.48. The number of nitrogens with two attached hydrogens (primary N) is 1. The van der Waals surface area contributed by atoms with E-state index in [0.717, 1.165) is 5.56 Å². The summed E-state index contributed by atoms with van der Waals surface area (Å²) in [5.74, 6) is 0.666. The summed E-state index contributed by atoms with van der Waals surface area (Å²) in [7, 11) is 0. The van der Waals surface area contributed by atoms with Crippen molar-refractivity contribution in [3.8, 4) is 6.07 Å². The monoisotopic (exact) mass is 265 g/mol. The van der Waals surface area contributed by atoms with Gasteiger partial charge in [0.1, 0.15) is 17.8 Å². The van der Waals surface area contributed by atoms with Crippen LogP contribution in [0.5, 0.6) is 0 Å². The summed E-state index contributed by atoms with van der Waals surface area (Å²) in [6.07, 6.45) is 1.58. The molecule has 0 aliphatic carbocycles. The summed E-state index contributed by atoms with van der Waals surface area (Å²) in [6.45, 7) is 2.07. The van der Waals surface area contributed by atoms with Gasteiger partial charge in [0.05, 0.1) is 6.61 Å². The lowest BCUT2D eigenvalue weighted by Crippen LogP contribution is -2.34. The summed E-state index contributed by atoms with van der Waals surface area (Å²) < 4.78 is 4.81. The minimum absolute atomic E-state index is 0.332. The normalized spacial score (nSPS) is 11.6. The van der Waals surface area contributed by atoms with Crippen LogP contribution in [0.4, 0.5) is 0 Å². The molecule has 1 unspecified atom stereocenters. The van der Waals surface area contributed by atoms with E-state index in [1.54, 1.807) is 19.2 Å². The smallest absolute Gasteiger partial charge is 0.323 e. The number of rotatable bonds is 6. The lowest BCUT2D eigenvalue weighted by molar-refractivity contribution is -0.144. The number of carbonyl (C=O) groups is 1. The zero-order valence-electron chi connectivity index (χ0n) is 10.1. The molecule has 0 aromatic carbocycles. The highest BCUT2D eigenvalue weighted by atomic mass is 32.2. The van der Waals surface area contributed by atoms with Crippen molar-refractivity contribution < 1.29 is 9.53 Å². The number of esters is 1. The largest absolute Gasteiger partial charge is 0.465 e. The number of nitrogens with zero attached hydrogens (tertiary/aromatic N) is 2. The van der Waals surface area contributed by atoms with Crippen LogP contribution < -0.4 is 5.73 Å². The highest BCUT2D eigenvalue weighted by molar-refractivity contribution is 7.98. The van der Waals surface area contributed by atoms with E-state index in [1.165, 1.54) is 11.8 Å². The fraction of sp³-hybridized carbons (Fsp3) is 0.417. The van der Waals surface area contributed by atoms with Crippen LogP contribution >= 0.6 is 11.8 Å². The van der Waals surface area contributed by atoms with Crippen molar-refractivity contribution >= 4 is 17.7 Å². The van der Waals surface area contributed by atoms with Gasteiger partial charge < -0.3 is 10.5 Å². The van der Waals surface area contributed by atoms with Gasteiger partial charge in [0.15, 0.2) is 0 Å². The quantitative estimate of drug-likeness (QED) is 0.774. The van der Waals surface area contributed by atoms with E-state index >= 15 is 0 Å². The van der Waals surface area contributed by atoms with Crippen molar-refractivity contribution in [1.29, 1.82) is 5.26 Å². The van der Waals surface area contributed by atoms with Gasteiger partial charge in [0.2, 0.25) is 0 Å². The van der Waals surface area contributed by atoms with E-state index in [-0.39, 0.29) is 0 Å². The van der Waals surface area contributed by atoms with E-state index in [0.29, 0.717) is 23.8 Å². The molecule has 5 nitrogen and oxygen atoms in total. The Kier molecular flexibility index (Phi) is 6.19. The maximum Gasteiger partial charge on any atom is 0.323 e. The summed E-state index contributed by atoms with van der Waals surface area (Å²) in [6, 6.07) is 5.02. The van der Waals surface area contributed by atoms with Gasteiger partial charge in [-0.2, -0.15) is 17.0 Å². The van der Waals surface area contributed by atoms with Gasteiger partial charge in [-0.3, -0.25) is 4.79 Å². The van der Waals surface area contributed by atoms with Crippen LogP contribution in [0.3, 0.4) is 0 Å². The standard InChI is InChI=1S/C12H15N3O2S/c1-2-17-12(16)10(14)8-18-7-9-4-3-5-15-11(9)6-13/h3-5,10H,2,7-8,14H2,1H3. The molecular formula is C12H15N3O2S. The summed E-state index contributed by atoms with van der Waals surface area (Å²) in [5.41, 5.74) is 6.92. The second-order valence-electron chi connectivity index (χ2n) is 3.50. The van der Waals surface area contributed by atoms with Gasteiger partial charge in [-0.15, -0.1) is 0 Å². The summed E-state index contributed by atoms with van der Waals surface area (Å²) in [5, 5.41) is 8.86. The molecule has 0 spiro atoms. The number of nitriles is 1. The minimum Gasteiger partial charge on any atom is -0.465 e. The SMILES string of the molecule is CCOC(=O)C(N)CSCc1cccnc1C#N. The first-order chi connectivity index (χ1) is 8.69. The number of ether oxygens (including phenoxy) is 1. The van der Waals surface area contributed by atoms with Crippen LogP contribution in [-0.4, -0.2) is 29.4 Å². The second kappa shape index (κ2) is 7.69. The Hall–Kier alpha value is -1.58. The van der Waals surface area contributed by atoms with E-state index in [1.807, 2.05) is 12.1 Å². The predicted octanol–water partition coefficient (Wildman–Crippen LogP) is 1.08. The molecule has 0 amide bonds. The molecule has 1 aromatic rings. The van der Waals surface area contributed by atoms with Crippen LogP contribution in [0.25, 0.3) is 0 Å². The lowest BCUT2D eigenvalue weighted by Gasteiger charge is -2.10. The molecule has 0 aliphatic rings. The van der Waals surface area contributed by atoms with Gasteiger partial charge in [0.25, 0.3) is 0 Å². The molecule has 1 heterocycles. The first-order valence-corrected chi connectivity index (χ1v) is 6.68. The Morgan fingerprint density at radius 2 is 2.50 bits per heavy atom. The molecule has 2 N–H and O–H groups in total. The van der Waals surface area contributed by atoms with Crippen molar-refractivity contribution in [3.63, 3.8) is 0 Å². The van der Waals surface area contributed by atoms with E-state index < -0.39 is 12.0 Å². The van der Waals surface area contributed by atoms with Crippen molar-refractivity contribution in [2.24, 2.45) is 5.73 Å². The molecular weight excluding hydrogens is 250 g/mol. The van der Waals surface area contributed by atoms with Gasteiger partial charge in [0, 0.05) is 17.7 Å². The molecule has 1 atom stereocenters. The number of carbonyl (C=O) groups excluding carboxylic acids is 1. The molecule has 0 radical (unpaired) electrons. The Bertz CT molecular complexity index is 445. The molecule has 0 saturated carbocycles. The van der Waals surface area contributed by atoms with Gasteiger partial charge in [-0.05, 0) is 18.6 Å². The van der Waals surface area contributed by atoms with Crippen molar-refractivity contribution in [1.82, 2.24) is 4.98 Å². The van der Waals surface area contributed by atoms with Crippen molar-refractivity contribution in [2.45, 2.75) is 18.7 Å². The average molecular weight is 265 g/mol. The van der Waals surface area contributed by atoms with Crippen LogP contribution in [0.1, 0.15) is 18.2 Å². The fourth-order valence-corrected chi connectivity index (χ4v) is 2.23. The number of hydrogen-bond donors (Lipinski definition) is 1. The number of hydrogen-bond acceptors (Lipinski definition) is 6. The Morgan fingerprint density at radius 1 is 1.72 bits per heavy atom. The molecule has 1 aromatic heterocycles. The van der Waals surface area contributed by atoms with Crippen LogP contribution in [0.15, 0.2) is 18.3 Å². The molecule has 6 heteroatoms. The molecule has 0 fully saturated rings. The average Bonchev–Trinajstić information content (AvgIpc) is 2.39. The summed E-state index contributed by atoms with van der Waals surface area (Å²) in [4.78, 5) is 15.2. The minimum atomic E-state index is -0.628. The Balaban J connectivity index is 2.42. The highest BCUT2D eigenvalue weighted by Gasteiger charge is 2.14. The van der Waals surface area contributed by atoms with Gasteiger partial charge >= 0.3 is 5.97 Å². The molecule has 0 aliphatic heterocycles. The number of aromatic nitrogens is 1. The lowest BCUT2D eigenvalue weighted by atomic mass is 10.2. The van der Waals surface area contributed by atoms with E-state index in [2.05, 4.69) is 4.98 Å². The molecule has 0 saturated heterocycles. The predicted molar refractivity (Wildman–Crippen MR) is 69.7 cm³/mol. The third kappa shape index (κ3) is 4.35. The first kappa shape index (κ1) is 14.5. The molecule has 0 bridgehead atoms. The zero-order valence-corrected chi connectivity index (χ0v) is 10.9. The van der Waals surface area contributed by atoms with E-state index in [4.69, 9.17) is 15.7 Å². The van der Waals surface area contributed by atoms with Gasteiger partial charge in [-0.1, -0.05) is 6.07 Å². The topological polar surface area (TPSA) is 89.0 Å². The third-order valence-electron chi connectivity index (χ3n) is 2.14.